The molecule has 38 heavy (non-hydrogen) atoms. The van der Waals surface area contributed by atoms with Gasteiger partial charge in [0, 0.05) is 56.5 Å². The summed E-state index contributed by atoms with van der Waals surface area (Å²) in [5.41, 5.74) is 2.73. The smallest absolute Gasteiger partial charge is 0.252 e. The second-order valence-electron chi connectivity index (χ2n) is 10.4. The fourth-order valence-corrected chi connectivity index (χ4v) is 5.66. The lowest BCUT2D eigenvalue weighted by Crippen LogP contribution is -2.56. The van der Waals surface area contributed by atoms with E-state index >= 15 is 0 Å². The molecule has 9 nitrogen and oxygen atoms in total. The number of fused-ring (bicyclic) bond motifs is 1. The number of hydrogen-bond donors (Lipinski definition) is 1. The van der Waals surface area contributed by atoms with Gasteiger partial charge in [0.25, 0.3) is 5.56 Å². The van der Waals surface area contributed by atoms with Crippen LogP contribution in [0, 0.1) is 0 Å². The Balaban J connectivity index is 1.33. The van der Waals surface area contributed by atoms with E-state index in [1.54, 1.807) is 22.9 Å². The lowest BCUT2D eigenvalue weighted by Gasteiger charge is -2.45. The molecule has 1 N–H and O–H groups in total. The van der Waals surface area contributed by atoms with E-state index < -0.39 is 0 Å². The number of aromatic nitrogens is 3. The minimum atomic E-state index is -0.180. The van der Waals surface area contributed by atoms with E-state index in [2.05, 4.69) is 58.0 Å². The van der Waals surface area contributed by atoms with Crippen LogP contribution in [0.4, 0.5) is 5.95 Å². The number of piperazine rings is 1. The van der Waals surface area contributed by atoms with Crippen LogP contribution in [0.2, 0.25) is 0 Å². The van der Waals surface area contributed by atoms with E-state index in [-0.39, 0.29) is 29.1 Å². The molecule has 5 rings (SSSR count). The predicted octanol–water partition coefficient (Wildman–Crippen LogP) is 3.49. The van der Waals surface area contributed by atoms with Crippen molar-refractivity contribution in [2.75, 3.05) is 44.7 Å². The van der Waals surface area contributed by atoms with Crippen LogP contribution in [-0.2, 0) is 15.1 Å². The molecule has 2 aliphatic heterocycles. The molecule has 0 aliphatic carbocycles. The molecule has 0 bridgehead atoms. The van der Waals surface area contributed by atoms with Crippen LogP contribution in [0.15, 0.2) is 60.0 Å². The van der Waals surface area contributed by atoms with Crippen molar-refractivity contribution in [1.29, 1.82) is 0 Å². The molecule has 2 fully saturated rings. The van der Waals surface area contributed by atoms with E-state index in [0.717, 1.165) is 37.1 Å². The first kappa shape index (κ1) is 26.1. The molecule has 200 valence electrons. The normalized spacial score (nSPS) is 21.1. The number of benzene rings is 1. The van der Waals surface area contributed by atoms with Crippen molar-refractivity contribution >= 4 is 22.9 Å². The van der Waals surface area contributed by atoms with E-state index in [9.17, 15) is 9.59 Å². The maximum Gasteiger partial charge on any atom is 0.252 e. The number of nitrogens with one attached hydrogen (secondary N) is 1. The Hall–Kier alpha value is -3.56. The van der Waals surface area contributed by atoms with Crippen molar-refractivity contribution in [3.05, 3.63) is 76.7 Å². The van der Waals surface area contributed by atoms with Crippen molar-refractivity contribution in [3.63, 3.8) is 0 Å². The van der Waals surface area contributed by atoms with Gasteiger partial charge in [-0.15, -0.1) is 0 Å². The third kappa shape index (κ3) is 4.83. The molecule has 4 heterocycles. The Morgan fingerprint density at radius 1 is 1.11 bits per heavy atom. The number of amides is 1. The molecule has 3 aromatic rings. The zero-order chi connectivity index (χ0) is 26.9. The second-order valence-corrected chi connectivity index (χ2v) is 10.4. The topological polar surface area (TPSA) is 92.6 Å². The molecule has 0 spiro atoms. The maximum atomic E-state index is 12.4. The maximum absolute atomic E-state index is 12.4. The largest absolute Gasteiger partial charge is 0.379 e. The van der Waals surface area contributed by atoms with Crippen molar-refractivity contribution in [3.8, 4) is 0 Å². The fourth-order valence-electron chi connectivity index (χ4n) is 5.66. The highest BCUT2D eigenvalue weighted by Crippen LogP contribution is 2.38. The van der Waals surface area contributed by atoms with E-state index in [4.69, 9.17) is 4.74 Å². The first-order valence-electron chi connectivity index (χ1n) is 13.3. The number of nitrogens with zero attached hydrogens (tertiary/aromatic N) is 5. The zero-order valence-corrected chi connectivity index (χ0v) is 22.4. The predicted molar refractivity (Wildman–Crippen MR) is 148 cm³/mol. The molecular formula is C29H36N6O3. The third-order valence-electron chi connectivity index (χ3n) is 7.85. The van der Waals surface area contributed by atoms with Crippen LogP contribution in [0.5, 0.6) is 0 Å². The number of pyridine rings is 1. The SMILES string of the molecule is C=CC(=O)N1CCN(C2(c3ccc([C@H](C)Nc4ncc5ccc(=O)n(C(C)C)c5n4)cc3)CCOC2)CC1. The van der Waals surface area contributed by atoms with E-state index in [1.807, 2.05) is 18.7 Å². The van der Waals surface area contributed by atoms with E-state index in [0.29, 0.717) is 31.3 Å². The first-order valence-corrected chi connectivity index (χ1v) is 13.3. The number of carbonyl (C=O) groups is 1. The average molecular weight is 517 g/mol. The van der Waals surface area contributed by atoms with Gasteiger partial charge in [-0.3, -0.25) is 19.1 Å². The van der Waals surface area contributed by atoms with Gasteiger partial charge in [0.15, 0.2) is 0 Å². The molecule has 0 saturated carbocycles. The standard InChI is InChI=1S/C29H36N6O3/c1-5-25(36)33-13-15-34(16-14-33)29(12-17-38-19-29)24-9-6-22(7-10-24)21(4)31-28-30-18-23-8-11-26(37)35(20(2)3)27(23)32-28/h5-11,18,20-21H,1,12-17,19H2,2-4H3,(H,30,31,32)/t21-,29?/m0/s1. The number of carbonyl (C=O) groups excluding carboxylic acids is 1. The van der Waals surface area contributed by atoms with Crippen molar-refractivity contribution < 1.29 is 9.53 Å². The fraction of sp³-hybridized carbons (Fsp3) is 0.448. The summed E-state index contributed by atoms with van der Waals surface area (Å²) in [5.74, 6) is 0.483. The molecule has 9 heteroatoms. The minimum absolute atomic E-state index is 0.00347. The highest BCUT2D eigenvalue weighted by Gasteiger charge is 2.43. The number of hydrogen-bond acceptors (Lipinski definition) is 7. The zero-order valence-electron chi connectivity index (χ0n) is 22.4. The van der Waals surface area contributed by atoms with Crippen molar-refractivity contribution in [1.82, 2.24) is 24.3 Å². The van der Waals surface area contributed by atoms with Crippen LogP contribution >= 0.6 is 0 Å². The summed E-state index contributed by atoms with van der Waals surface area (Å²) in [7, 11) is 0. The van der Waals surface area contributed by atoms with Gasteiger partial charge in [-0.2, -0.15) is 4.98 Å². The van der Waals surface area contributed by atoms with Crippen LogP contribution in [0.25, 0.3) is 11.0 Å². The third-order valence-corrected chi connectivity index (χ3v) is 7.85. The molecule has 1 unspecified atom stereocenters. The van der Waals surface area contributed by atoms with Crippen LogP contribution in [0.3, 0.4) is 0 Å². The summed E-state index contributed by atoms with van der Waals surface area (Å²) in [6, 6.07) is 12.0. The van der Waals surface area contributed by atoms with E-state index in [1.165, 1.54) is 11.6 Å². The molecule has 0 radical (unpaired) electrons. The van der Waals surface area contributed by atoms with Gasteiger partial charge in [-0.25, -0.2) is 4.98 Å². The Bertz CT molecular complexity index is 1370. The highest BCUT2D eigenvalue weighted by atomic mass is 16.5. The summed E-state index contributed by atoms with van der Waals surface area (Å²) in [5, 5.41) is 4.23. The summed E-state index contributed by atoms with van der Waals surface area (Å²) >= 11 is 0. The number of anilines is 1. The van der Waals surface area contributed by atoms with Crippen LogP contribution in [0.1, 0.15) is 50.4 Å². The minimum Gasteiger partial charge on any atom is -0.379 e. The highest BCUT2D eigenvalue weighted by molar-refractivity contribution is 5.87. The molecule has 2 saturated heterocycles. The molecule has 1 amide bonds. The quantitative estimate of drug-likeness (QED) is 0.481. The van der Waals surface area contributed by atoms with Gasteiger partial charge in [0.1, 0.15) is 5.65 Å². The van der Waals surface area contributed by atoms with Gasteiger partial charge in [0.05, 0.1) is 18.2 Å². The average Bonchev–Trinajstić information content (AvgIpc) is 3.43. The first-order chi connectivity index (χ1) is 18.3. The Kier molecular flexibility index (Phi) is 7.32. The van der Waals surface area contributed by atoms with Gasteiger partial charge in [-0.1, -0.05) is 30.8 Å². The molecular weight excluding hydrogens is 480 g/mol. The van der Waals surface area contributed by atoms with Gasteiger partial charge < -0.3 is 15.0 Å². The monoisotopic (exact) mass is 516 g/mol. The Morgan fingerprint density at radius 2 is 1.84 bits per heavy atom. The molecule has 1 aromatic carbocycles. The second kappa shape index (κ2) is 10.7. The van der Waals surface area contributed by atoms with Gasteiger partial charge >= 0.3 is 0 Å². The number of ether oxygens (including phenoxy) is 1. The Labute approximate surface area is 223 Å². The van der Waals surface area contributed by atoms with Crippen molar-refractivity contribution in [2.45, 2.75) is 44.8 Å². The van der Waals surface area contributed by atoms with Crippen LogP contribution < -0.4 is 10.9 Å². The summed E-state index contributed by atoms with van der Waals surface area (Å²) < 4.78 is 7.59. The molecule has 2 aromatic heterocycles. The lowest BCUT2D eigenvalue weighted by atomic mass is 9.85. The number of rotatable bonds is 7. The van der Waals surface area contributed by atoms with Crippen LogP contribution in [-0.4, -0.2) is 69.6 Å². The van der Waals surface area contributed by atoms with Gasteiger partial charge in [-0.05, 0) is 50.5 Å². The molecule has 2 atom stereocenters. The lowest BCUT2D eigenvalue weighted by molar-refractivity contribution is -0.128. The van der Waals surface area contributed by atoms with Crippen molar-refractivity contribution in [2.24, 2.45) is 0 Å². The Morgan fingerprint density at radius 3 is 2.47 bits per heavy atom. The van der Waals surface area contributed by atoms with Gasteiger partial charge in [0.2, 0.25) is 11.9 Å². The summed E-state index contributed by atoms with van der Waals surface area (Å²) in [4.78, 5) is 38.0. The summed E-state index contributed by atoms with van der Waals surface area (Å²) in [6.45, 7) is 14.0. The molecule has 2 aliphatic rings. The summed E-state index contributed by atoms with van der Waals surface area (Å²) in [6.07, 6.45) is 4.08.